The maximum Gasteiger partial charge on any atom is 0.333 e. The summed E-state index contributed by atoms with van der Waals surface area (Å²) >= 11 is 1.82. The molecule has 1 aliphatic carbocycles. The molecule has 2 aromatic heterocycles. The molecule has 1 amide bonds. The second-order valence-corrected chi connectivity index (χ2v) is 10.9. The van der Waals surface area contributed by atoms with Crippen molar-refractivity contribution >= 4 is 28.7 Å². The van der Waals surface area contributed by atoms with Gasteiger partial charge in [0.25, 0.3) is 11.5 Å². The Balaban J connectivity index is 1.36. The smallest absolute Gasteiger partial charge is 0.333 e. The molecule has 0 bridgehead atoms. The molecule has 1 saturated carbocycles. The number of aliphatic hydroxyl groups excluding tert-OH is 1. The van der Waals surface area contributed by atoms with E-state index in [1.807, 2.05) is 11.8 Å². The first-order valence-electron chi connectivity index (χ1n) is 12.5. The molecule has 3 N–H and O–H groups in total. The molecule has 9 nitrogen and oxygen atoms in total. The van der Waals surface area contributed by atoms with E-state index >= 15 is 0 Å². The zero-order valence-electron chi connectivity index (χ0n) is 20.2. The Hall–Kier alpha value is -3.18. The van der Waals surface area contributed by atoms with Crippen LogP contribution in [0.4, 0.5) is 4.39 Å². The number of aromatic nitrogens is 3. The lowest BCUT2D eigenvalue weighted by molar-refractivity contribution is -0.130. The number of nitrogens with zero attached hydrogens (tertiary/aromatic N) is 3. The minimum Gasteiger partial charge on any atom is -0.508 e. The number of pyridine rings is 1. The fraction of sp³-hybridized carbons (Fsp3) is 0.462. The van der Waals surface area contributed by atoms with E-state index in [1.54, 1.807) is 4.57 Å². The van der Waals surface area contributed by atoms with Gasteiger partial charge in [0.1, 0.15) is 17.2 Å². The van der Waals surface area contributed by atoms with Crippen LogP contribution in [0, 0.1) is 5.82 Å². The number of halogens is 1. The van der Waals surface area contributed by atoms with E-state index in [2.05, 4.69) is 10.3 Å². The predicted molar refractivity (Wildman–Crippen MR) is 138 cm³/mol. The van der Waals surface area contributed by atoms with Crippen LogP contribution in [0.3, 0.4) is 0 Å². The molecule has 3 heterocycles. The second kappa shape index (κ2) is 10.7. The molecule has 1 atom stereocenters. The van der Waals surface area contributed by atoms with Crippen LogP contribution in [-0.4, -0.2) is 47.8 Å². The highest BCUT2D eigenvalue weighted by Gasteiger charge is 2.30. The number of thioether (sulfide) groups is 1. The number of phenols is 1. The average molecular weight is 529 g/mol. The van der Waals surface area contributed by atoms with Gasteiger partial charge in [0.15, 0.2) is 6.10 Å². The number of nitrogens with one attached hydrogen (secondary N) is 1. The topological polar surface area (TPSA) is 126 Å². The van der Waals surface area contributed by atoms with Crippen LogP contribution in [0.1, 0.15) is 62.3 Å². The molecule has 3 aromatic rings. The fourth-order valence-corrected chi connectivity index (χ4v) is 6.45. The van der Waals surface area contributed by atoms with Gasteiger partial charge in [0.2, 0.25) is 0 Å². The van der Waals surface area contributed by atoms with Gasteiger partial charge in [-0.25, -0.2) is 14.2 Å². The van der Waals surface area contributed by atoms with Crippen molar-refractivity contribution in [2.24, 2.45) is 0 Å². The Morgan fingerprint density at radius 3 is 2.35 bits per heavy atom. The van der Waals surface area contributed by atoms with Crippen molar-refractivity contribution in [3.63, 3.8) is 0 Å². The van der Waals surface area contributed by atoms with E-state index in [0.29, 0.717) is 31.2 Å². The number of phenolic OH excluding ortho intramolecular Hbond substituents is 1. The molecule has 196 valence electrons. The summed E-state index contributed by atoms with van der Waals surface area (Å²) in [5.41, 5.74) is -0.352. The Morgan fingerprint density at radius 1 is 1.03 bits per heavy atom. The number of fused-ring (bicyclic) bond motifs is 1. The van der Waals surface area contributed by atoms with E-state index < -0.39 is 29.1 Å². The summed E-state index contributed by atoms with van der Waals surface area (Å²) in [6.45, 7) is 0. The summed E-state index contributed by atoms with van der Waals surface area (Å²) in [6.07, 6.45) is 3.21. The molecule has 37 heavy (non-hydrogen) atoms. The second-order valence-electron chi connectivity index (χ2n) is 9.70. The fourth-order valence-electron chi connectivity index (χ4n) is 5.37. The number of hydrogen-bond acceptors (Lipinski definition) is 7. The van der Waals surface area contributed by atoms with Crippen molar-refractivity contribution < 1.29 is 19.4 Å². The molecule has 1 unspecified atom stereocenters. The number of aliphatic hydroxyl groups is 1. The van der Waals surface area contributed by atoms with E-state index in [4.69, 9.17) is 0 Å². The third-order valence-corrected chi connectivity index (χ3v) is 8.39. The summed E-state index contributed by atoms with van der Waals surface area (Å²) in [5, 5.41) is 22.7. The first kappa shape index (κ1) is 25.5. The number of rotatable bonds is 5. The van der Waals surface area contributed by atoms with Gasteiger partial charge in [-0.2, -0.15) is 11.8 Å². The van der Waals surface area contributed by atoms with Gasteiger partial charge in [-0.15, -0.1) is 0 Å². The molecule has 1 saturated heterocycles. The molecule has 2 aliphatic rings. The number of amides is 1. The summed E-state index contributed by atoms with van der Waals surface area (Å²) in [7, 11) is 0. The zero-order valence-corrected chi connectivity index (χ0v) is 21.0. The van der Waals surface area contributed by atoms with E-state index in [9.17, 15) is 29.0 Å². The first-order valence-corrected chi connectivity index (χ1v) is 13.7. The van der Waals surface area contributed by atoms with Gasteiger partial charge in [-0.05, 0) is 73.8 Å². The Kier molecular flexibility index (Phi) is 7.34. The molecule has 0 spiro atoms. The lowest BCUT2D eigenvalue weighted by Gasteiger charge is -2.32. The Morgan fingerprint density at radius 2 is 1.68 bits per heavy atom. The highest BCUT2D eigenvalue weighted by Crippen LogP contribution is 2.30. The van der Waals surface area contributed by atoms with Gasteiger partial charge in [0.05, 0.1) is 11.6 Å². The minimum atomic E-state index is -1.37. The largest absolute Gasteiger partial charge is 0.508 e. The highest BCUT2D eigenvalue weighted by molar-refractivity contribution is 7.99. The van der Waals surface area contributed by atoms with Crippen LogP contribution in [-0.2, 0) is 4.79 Å². The van der Waals surface area contributed by atoms with Crippen LogP contribution >= 0.6 is 11.8 Å². The normalized spacial score (nSPS) is 21.6. The molecule has 0 radical (unpaired) electrons. The Labute approximate surface area is 216 Å². The van der Waals surface area contributed by atoms with Crippen molar-refractivity contribution in [3.05, 3.63) is 68.7 Å². The van der Waals surface area contributed by atoms with Crippen LogP contribution in [0.25, 0.3) is 11.0 Å². The van der Waals surface area contributed by atoms with Crippen molar-refractivity contribution in [3.8, 4) is 5.75 Å². The van der Waals surface area contributed by atoms with Gasteiger partial charge in [-0.3, -0.25) is 18.7 Å². The SMILES string of the molecule is O=C(NC1CCC(n2c(=O)c3cc(F)cnc3n(C3CCSCC3)c2=O)CC1)C(O)c1ccc(O)cc1. The predicted octanol–water partition coefficient (Wildman–Crippen LogP) is 2.80. The average Bonchev–Trinajstić information content (AvgIpc) is 2.91. The summed E-state index contributed by atoms with van der Waals surface area (Å²) < 4.78 is 16.9. The highest BCUT2D eigenvalue weighted by atomic mass is 32.2. The molecule has 11 heteroatoms. The quantitative estimate of drug-likeness (QED) is 0.465. The molecule has 1 aromatic carbocycles. The van der Waals surface area contributed by atoms with Gasteiger partial charge >= 0.3 is 5.69 Å². The van der Waals surface area contributed by atoms with E-state index in [1.165, 1.54) is 28.8 Å². The summed E-state index contributed by atoms with van der Waals surface area (Å²) in [5.74, 6) is 0.674. The van der Waals surface area contributed by atoms with Gasteiger partial charge in [-0.1, -0.05) is 12.1 Å². The minimum absolute atomic E-state index is 0.0403. The maximum absolute atomic E-state index is 14.1. The van der Waals surface area contributed by atoms with Crippen molar-refractivity contribution in [1.82, 2.24) is 19.4 Å². The molecular weight excluding hydrogens is 499 g/mol. The first-order chi connectivity index (χ1) is 17.8. The van der Waals surface area contributed by atoms with Crippen LogP contribution in [0.15, 0.2) is 46.1 Å². The van der Waals surface area contributed by atoms with Crippen LogP contribution in [0.2, 0.25) is 0 Å². The lowest BCUT2D eigenvalue weighted by Crippen LogP contribution is -2.47. The van der Waals surface area contributed by atoms with Crippen molar-refractivity contribution in [2.75, 3.05) is 11.5 Å². The molecule has 5 rings (SSSR count). The summed E-state index contributed by atoms with van der Waals surface area (Å²) in [4.78, 5) is 43.8. The molecule has 2 fully saturated rings. The third-order valence-electron chi connectivity index (χ3n) is 7.34. The van der Waals surface area contributed by atoms with Crippen molar-refractivity contribution in [2.45, 2.75) is 62.8 Å². The third kappa shape index (κ3) is 5.15. The number of carbonyl (C=O) groups is 1. The molecule has 1 aliphatic heterocycles. The van der Waals surface area contributed by atoms with Crippen LogP contribution < -0.4 is 16.6 Å². The Bertz CT molecular complexity index is 1410. The summed E-state index contributed by atoms with van der Waals surface area (Å²) in [6, 6.07) is 6.23. The maximum atomic E-state index is 14.1. The number of aromatic hydroxyl groups is 1. The zero-order chi connectivity index (χ0) is 26.1. The van der Waals surface area contributed by atoms with Gasteiger partial charge in [0, 0.05) is 18.1 Å². The van der Waals surface area contributed by atoms with E-state index in [0.717, 1.165) is 36.6 Å². The van der Waals surface area contributed by atoms with Crippen molar-refractivity contribution in [1.29, 1.82) is 0 Å². The number of carbonyl (C=O) groups excluding carboxylic acids is 1. The monoisotopic (exact) mass is 528 g/mol. The lowest BCUT2D eigenvalue weighted by atomic mass is 9.90. The van der Waals surface area contributed by atoms with Crippen LogP contribution in [0.5, 0.6) is 5.75 Å². The standard InChI is InChI=1S/C26H29FN4O5S/c27-16-13-21-23(28-14-16)30(19-9-11-37-12-10-19)26(36)31(25(21)35)18-5-3-17(4-6-18)29-24(34)22(33)15-1-7-20(32)8-2-15/h1-2,7-8,13-14,17-19,22,32-33H,3-6,9-12H2,(H,29,34). The van der Waals surface area contributed by atoms with Gasteiger partial charge < -0.3 is 15.5 Å². The number of hydrogen-bond donors (Lipinski definition) is 3. The van der Waals surface area contributed by atoms with E-state index in [-0.39, 0.29) is 34.9 Å². The molecular formula is C26H29FN4O5S. The number of benzene rings is 1.